The summed E-state index contributed by atoms with van der Waals surface area (Å²) in [6.07, 6.45) is 0. The van der Waals surface area contributed by atoms with Gasteiger partial charge in [-0.2, -0.15) is 0 Å². The molecule has 90 valence electrons. The summed E-state index contributed by atoms with van der Waals surface area (Å²) in [7, 11) is 0. The maximum atomic E-state index is 9.16. The fourth-order valence-corrected chi connectivity index (χ4v) is 1.33. The van der Waals surface area contributed by atoms with Crippen molar-refractivity contribution in [2.45, 2.75) is 20.8 Å². The molecule has 0 spiro atoms. The van der Waals surface area contributed by atoms with Crippen LogP contribution in [0.2, 0.25) is 0 Å². The molecule has 0 atom stereocenters. The monoisotopic (exact) mass is 223 g/mol. The lowest BCUT2D eigenvalue weighted by Crippen LogP contribution is -2.34. The van der Waals surface area contributed by atoms with Crippen LogP contribution in [0.5, 0.6) is 0 Å². The van der Waals surface area contributed by atoms with Gasteiger partial charge in [0.05, 0.1) is 13.2 Å². The van der Waals surface area contributed by atoms with Gasteiger partial charge in [0.2, 0.25) is 0 Å². The number of anilines is 1. The van der Waals surface area contributed by atoms with Crippen molar-refractivity contribution in [1.29, 1.82) is 0 Å². The van der Waals surface area contributed by atoms with Crippen LogP contribution in [0.3, 0.4) is 0 Å². The van der Waals surface area contributed by atoms with Crippen molar-refractivity contribution in [2.24, 2.45) is 5.41 Å². The molecular formula is C13H21NO2. The minimum Gasteiger partial charge on any atom is -0.396 e. The molecule has 0 unspecified atom stereocenters. The average molecular weight is 223 g/mol. The zero-order valence-corrected chi connectivity index (χ0v) is 10.2. The van der Waals surface area contributed by atoms with Gasteiger partial charge in [0.25, 0.3) is 0 Å². The zero-order valence-electron chi connectivity index (χ0n) is 10.2. The second-order valence-corrected chi connectivity index (χ2v) is 4.78. The van der Waals surface area contributed by atoms with Gasteiger partial charge in [-0.1, -0.05) is 13.0 Å². The number of benzene rings is 1. The Balaban J connectivity index is 2.64. The van der Waals surface area contributed by atoms with Gasteiger partial charge in [0.1, 0.15) is 0 Å². The molecule has 3 heteroatoms. The number of rotatable bonds is 5. The molecule has 1 aromatic rings. The average Bonchev–Trinajstić information content (AvgIpc) is 2.30. The molecule has 1 aromatic carbocycles. The van der Waals surface area contributed by atoms with Crippen molar-refractivity contribution in [3.05, 3.63) is 29.3 Å². The molecule has 0 saturated carbocycles. The molecule has 0 bridgehead atoms. The highest BCUT2D eigenvalue weighted by atomic mass is 16.3. The summed E-state index contributed by atoms with van der Waals surface area (Å²) in [6.45, 7) is 6.49. The van der Waals surface area contributed by atoms with Crippen molar-refractivity contribution < 1.29 is 10.2 Å². The third kappa shape index (κ3) is 3.22. The van der Waals surface area contributed by atoms with E-state index in [1.165, 1.54) is 11.1 Å². The summed E-state index contributed by atoms with van der Waals surface area (Å²) in [5.74, 6) is 0. The fourth-order valence-electron chi connectivity index (χ4n) is 1.33. The van der Waals surface area contributed by atoms with Crippen LogP contribution in [0.4, 0.5) is 5.69 Å². The van der Waals surface area contributed by atoms with Crippen molar-refractivity contribution in [1.82, 2.24) is 0 Å². The van der Waals surface area contributed by atoms with Crippen LogP contribution >= 0.6 is 0 Å². The highest BCUT2D eigenvalue weighted by Gasteiger charge is 2.21. The van der Waals surface area contributed by atoms with Crippen molar-refractivity contribution in [3.63, 3.8) is 0 Å². The summed E-state index contributed by atoms with van der Waals surface area (Å²) in [5.41, 5.74) is 3.05. The summed E-state index contributed by atoms with van der Waals surface area (Å²) >= 11 is 0. The third-order valence-electron chi connectivity index (χ3n) is 2.99. The predicted octanol–water partition coefficient (Wildman–Crippen LogP) is 1.71. The Morgan fingerprint density at radius 3 is 2.25 bits per heavy atom. The van der Waals surface area contributed by atoms with Gasteiger partial charge >= 0.3 is 0 Å². The zero-order chi connectivity index (χ0) is 12.2. The van der Waals surface area contributed by atoms with E-state index < -0.39 is 5.41 Å². The van der Waals surface area contributed by atoms with Gasteiger partial charge in [0.15, 0.2) is 0 Å². The van der Waals surface area contributed by atoms with Crippen molar-refractivity contribution in [2.75, 3.05) is 25.1 Å². The molecule has 0 aliphatic carbocycles. The van der Waals surface area contributed by atoms with Crippen LogP contribution in [0, 0.1) is 19.3 Å². The molecular weight excluding hydrogens is 202 g/mol. The van der Waals surface area contributed by atoms with Crippen LogP contribution in [-0.2, 0) is 0 Å². The van der Waals surface area contributed by atoms with Crippen LogP contribution in [0.1, 0.15) is 18.1 Å². The number of nitrogens with one attached hydrogen (secondary N) is 1. The molecule has 0 heterocycles. The van der Waals surface area contributed by atoms with Crippen LogP contribution in [-0.4, -0.2) is 30.0 Å². The maximum absolute atomic E-state index is 9.16. The van der Waals surface area contributed by atoms with Gasteiger partial charge in [0, 0.05) is 17.6 Å². The molecule has 1 rings (SSSR count). The summed E-state index contributed by atoms with van der Waals surface area (Å²) < 4.78 is 0. The predicted molar refractivity (Wildman–Crippen MR) is 66.7 cm³/mol. The second-order valence-electron chi connectivity index (χ2n) is 4.78. The number of aliphatic hydroxyl groups is 2. The third-order valence-corrected chi connectivity index (χ3v) is 2.99. The van der Waals surface area contributed by atoms with E-state index in [0.717, 1.165) is 5.69 Å². The topological polar surface area (TPSA) is 52.5 Å². The van der Waals surface area contributed by atoms with E-state index in [1.54, 1.807) is 0 Å². The van der Waals surface area contributed by atoms with E-state index in [0.29, 0.717) is 6.54 Å². The first-order valence-corrected chi connectivity index (χ1v) is 5.53. The van der Waals surface area contributed by atoms with Gasteiger partial charge < -0.3 is 15.5 Å². The van der Waals surface area contributed by atoms with Crippen LogP contribution < -0.4 is 5.32 Å². The standard InChI is InChI=1S/C13H21NO2/c1-10-4-5-12(6-11(10)2)14-7-13(3,8-15)9-16/h4-6,14-16H,7-9H2,1-3H3. The van der Waals surface area contributed by atoms with Gasteiger partial charge in [-0.3, -0.25) is 0 Å². The Labute approximate surface area is 97.1 Å². The summed E-state index contributed by atoms with van der Waals surface area (Å²) in [5, 5.41) is 21.6. The highest BCUT2D eigenvalue weighted by Crippen LogP contribution is 2.18. The molecule has 0 fully saturated rings. The first-order chi connectivity index (χ1) is 7.50. The van der Waals surface area contributed by atoms with Crippen LogP contribution in [0.15, 0.2) is 18.2 Å². The molecule has 0 radical (unpaired) electrons. The number of hydrogen-bond donors (Lipinski definition) is 3. The lowest BCUT2D eigenvalue weighted by molar-refractivity contribution is 0.0806. The van der Waals surface area contributed by atoms with E-state index in [4.69, 9.17) is 10.2 Å². The Morgan fingerprint density at radius 2 is 1.75 bits per heavy atom. The lowest BCUT2D eigenvalue weighted by atomic mass is 9.93. The van der Waals surface area contributed by atoms with E-state index >= 15 is 0 Å². The largest absolute Gasteiger partial charge is 0.396 e. The van der Waals surface area contributed by atoms with Gasteiger partial charge in [-0.15, -0.1) is 0 Å². The van der Waals surface area contributed by atoms with Crippen molar-refractivity contribution in [3.8, 4) is 0 Å². The SMILES string of the molecule is Cc1ccc(NCC(C)(CO)CO)cc1C. The Morgan fingerprint density at radius 1 is 1.12 bits per heavy atom. The molecule has 0 aliphatic rings. The first-order valence-electron chi connectivity index (χ1n) is 5.53. The normalized spacial score (nSPS) is 11.6. The molecule has 3 nitrogen and oxygen atoms in total. The smallest absolute Gasteiger partial charge is 0.0523 e. The Bertz CT molecular complexity index is 346. The first kappa shape index (κ1) is 13.0. The fraction of sp³-hybridized carbons (Fsp3) is 0.538. The highest BCUT2D eigenvalue weighted by molar-refractivity contribution is 5.48. The van der Waals surface area contributed by atoms with Crippen LogP contribution in [0.25, 0.3) is 0 Å². The summed E-state index contributed by atoms with van der Waals surface area (Å²) in [4.78, 5) is 0. The Kier molecular flexibility index (Phi) is 4.33. The molecule has 16 heavy (non-hydrogen) atoms. The summed E-state index contributed by atoms with van der Waals surface area (Å²) in [6, 6.07) is 6.15. The minimum absolute atomic E-state index is 0.0264. The molecule has 0 amide bonds. The molecule has 3 N–H and O–H groups in total. The van der Waals surface area contributed by atoms with E-state index in [-0.39, 0.29) is 13.2 Å². The molecule has 0 saturated heterocycles. The van der Waals surface area contributed by atoms with E-state index in [1.807, 2.05) is 13.0 Å². The van der Waals surface area contributed by atoms with Gasteiger partial charge in [-0.05, 0) is 37.1 Å². The maximum Gasteiger partial charge on any atom is 0.0523 e. The quantitative estimate of drug-likeness (QED) is 0.712. The number of hydrogen-bond acceptors (Lipinski definition) is 3. The van der Waals surface area contributed by atoms with Gasteiger partial charge in [-0.25, -0.2) is 0 Å². The second kappa shape index (κ2) is 5.32. The minimum atomic E-state index is -0.473. The Hall–Kier alpha value is -1.06. The molecule has 0 aromatic heterocycles. The van der Waals surface area contributed by atoms with E-state index in [9.17, 15) is 0 Å². The molecule has 0 aliphatic heterocycles. The number of aliphatic hydroxyl groups excluding tert-OH is 2. The lowest BCUT2D eigenvalue weighted by Gasteiger charge is -2.25. The van der Waals surface area contributed by atoms with Crippen molar-refractivity contribution >= 4 is 5.69 Å². The van der Waals surface area contributed by atoms with E-state index in [2.05, 4.69) is 31.3 Å². The number of aryl methyl sites for hydroxylation is 2.